The average Bonchev–Trinajstić information content (AvgIpc) is 2.35. The first-order valence-electron chi connectivity index (χ1n) is 6.05. The fourth-order valence-electron chi connectivity index (χ4n) is 2.41. The largest absolute Gasteiger partial charge is 0.394 e. The molecule has 2 rings (SSSR count). The molecule has 3 nitrogen and oxygen atoms in total. The highest BCUT2D eigenvalue weighted by molar-refractivity contribution is 5.20. The zero-order valence-electron chi connectivity index (χ0n) is 10.1. The van der Waals surface area contributed by atoms with E-state index in [2.05, 4.69) is 17.1 Å². The normalized spacial score (nSPS) is 23.6. The van der Waals surface area contributed by atoms with Gasteiger partial charge in [-0.3, -0.25) is 4.90 Å². The SMILES string of the molecule is CC1CNCCN1C(CO)c1ccc(F)cc1. The van der Waals surface area contributed by atoms with Crippen LogP contribution in [0.25, 0.3) is 0 Å². The number of aliphatic hydroxyl groups is 1. The standard InChI is InChI=1S/C13H19FN2O/c1-10-8-15-6-7-16(10)13(9-17)11-2-4-12(14)5-3-11/h2-5,10,13,15,17H,6-9H2,1H3. The molecule has 1 aliphatic heterocycles. The van der Waals surface area contributed by atoms with E-state index in [0.29, 0.717) is 6.04 Å². The average molecular weight is 238 g/mol. The van der Waals surface area contributed by atoms with E-state index in [-0.39, 0.29) is 18.5 Å². The van der Waals surface area contributed by atoms with E-state index in [4.69, 9.17) is 0 Å². The number of benzene rings is 1. The van der Waals surface area contributed by atoms with Gasteiger partial charge in [0.2, 0.25) is 0 Å². The fraction of sp³-hybridized carbons (Fsp3) is 0.538. The van der Waals surface area contributed by atoms with Crippen molar-refractivity contribution < 1.29 is 9.50 Å². The summed E-state index contributed by atoms with van der Waals surface area (Å²) in [4.78, 5) is 2.27. The molecule has 2 unspecified atom stereocenters. The molecule has 1 aliphatic rings. The van der Waals surface area contributed by atoms with Gasteiger partial charge in [0.15, 0.2) is 0 Å². The molecule has 0 bridgehead atoms. The second kappa shape index (κ2) is 5.58. The highest BCUT2D eigenvalue weighted by Crippen LogP contribution is 2.23. The maximum absolute atomic E-state index is 12.9. The summed E-state index contributed by atoms with van der Waals surface area (Å²) in [5.74, 6) is -0.237. The Labute approximate surface area is 101 Å². The first-order chi connectivity index (χ1) is 8.22. The van der Waals surface area contributed by atoms with Crippen LogP contribution in [0, 0.1) is 5.82 Å². The predicted octanol–water partition coefficient (Wildman–Crippen LogP) is 1.15. The molecule has 2 N–H and O–H groups in total. The van der Waals surface area contributed by atoms with Gasteiger partial charge in [0, 0.05) is 25.7 Å². The van der Waals surface area contributed by atoms with Crippen LogP contribution >= 0.6 is 0 Å². The topological polar surface area (TPSA) is 35.5 Å². The lowest BCUT2D eigenvalue weighted by Crippen LogP contribution is -2.51. The Morgan fingerprint density at radius 1 is 1.47 bits per heavy atom. The van der Waals surface area contributed by atoms with E-state index in [1.165, 1.54) is 12.1 Å². The van der Waals surface area contributed by atoms with E-state index in [0.717, 1.165) is 25.2 Å². The Morgan fingerprint density at radius 2 is 2.18 bits per heavy atom. The number of nitrogens with one attached hydrogen (secondary N) is 1. The van der Waals surface area contributed by atoms with Crippen LogP contribution in [0.3, 0.4) is 0 Å². The summed E-state index contributed by atoms with van der Waals surface area (Å²) in [6, 6.07) is 6.75. The third-order valence-electron chi connectivity index (χ3n) is 3.38. The predicted molar refractivity (Wildman–Crippen MR) is 65.3 cm³/mol. The first kappa shape index (κ1) is 12.5. The second-order valence-electron chi connectivity index (χ2n) is 4.54. The van der Waals surface area contributed by atoms with Gasteiger partial charge in [0.25, 0.3) is 0 Å². The van der Waals surface area contributed by atoms with E-state index in [9.17, 15) is 9.50 Å². The third-order valence-corrected chi connectivity index (χ3v) is 3.38. The van der Waals surface area contributed by atoms with Crippen molar-refractivity contribution in [2.45, 2.75) is 19.0 Å². The first-order valence-corrected chi connectivity index (χ1v) is 6.05. The van der Waals surface area contributed by atoms with Crippen molar-refractivity contribution in [1.29, 1.82) is 0 Å². The van der Waals surface area contributed by atoms with Gasteiger partial charge in [-0.15, -0.1) is 0 Å². The summed E-state index contributed by atoms with van der Waals surface area (Å²) >= 11 is 0. The Morgan fingerprint density at radius 3 is 2.76 bits per heavy atom. The van der Waals surface area contributed by atoms with Gasteiger partial charge in [-0.1, -0.05) is 12.1 Å². The van der Waals surface area contributed by atoms with Crippen molar-refractivity contribution in [1.82, 2.24) is 10.2 Å². The van der Waals surface area contributed by atoms with Crippen molar-refractivity contribution in [3.63, 3.8) is 0 Å². The minimum Gasteiger partial charge on any atom is -0.394 e. The van der Waals surface area contributed by atoms with Crippen LogP contribution in [0.1, 0.15) is 18.5 Å². The van der Waals surface area contributed by atoms with Crippen LogP contribution in [-0.2, 0) is 0 Å². The lowest BCUT2D eigenvalue weighted by Gasteiger charge is -2.39. The molecule has 94 valence electrons. The third kappa shape index (κ3) is 2.83. The Hall–Kier alpha value is -0.970. The molecule has 1 saturated heterocycles. The Kier molecular flexibility index (Phi) is 4.10. The number of rotatable bonds is 3. The smallest absolute Gasteiger partial charge is 0.123 e. The molecule has 0 aliphatic carbocycles. The van der Waals surface area contributed by atoms with Gasteiger partial charge in [-0.05, 0) is 24.6 Å². The number of hydrogen-bond donors (Lipinski definition) is 2. The highest BCUT2D eigenvalue weighted by atomic mass is 19.1. The zero-order chi connectivity index (χ0) is 12.3. The minimum absolute atomic E-state index is 0.0345. The summed E-state index contributed by atoms with van der Waals surface area (Å²) in [6.45, 7) is 4.97. The van der Waals surface area contributed by atoms with Crippen molar-refractivity contribution in [3.8, 4) is 0 Å². The zero-order valence-corrected chi connectivity index (χ0v) is 10.1. The quantitative estimate of drug-likeness (QED) is 0.829. The molecule has 17 heavy (non-hydrogen) atoms. The van der Waals surface area contributed by atoms with Crippen LogP contribution < -0.4 is 5.32 Å². The fourth-order valence-corrected chi connectivity index (χ4v) is 2.41. The van der Waals surface area contributed by atoms with Crippen LogP contribution in [0.5, 0.6) is 0 Å². The number of hydrogen-bond acceptors (Lipinski definition) is 3. The molecule has 2 atom stereocenters. The van der Waals surface area contributed by atoms with E-state index in [1.807, 2.05) is 0 Å². The van der Waals surface area contributed by atoms with E-state index in [1.54, 1.807) is 12.1 Å². The van der Waals surface area contributed by atoms with Crippen LogP contribution in [-0.4, -0.2) is 42.3 Å². The number of piperazine rings is 1. The maximum Gasteiger partial charge on any atom is 0.123 e. The van der Waals surface area contributed by atoms with Gasteiger partial charge in [-0.2, -0.15) is 0 Å². The van der Waals surface area contributed by atoms with Crippen molar-refractivity contribution in [2.24, 2.45) is 0 Å². The number of nitrogens with zero attached hydrogens (tertiary/aromatic N) is 1. The molecular weight excluding hydrogens is 219 g/mol. The van der Waals surface area contributed by atoms with Crippen molar-refractivity contribution in [2.75, 3.05) is 26.2 Å². The highest BCUT2D eigenvalue weighted by Gasteiger charge is 2.26. The van der Waals surface area contributed by atoms with Crippen LogP contribution in [0.2, 0.25) is 0 Å². The summed E-state index contributed by atoms with van der Waals surface area (Å²) in [6.07, 6.45) is 0. The summed E-state index contributed by atoms with van der Waals surface area (Å²) in [7, 11) is 0. The van der Waals surface area contributed by atoms with Crippen LogP contribution in [0.15, 0.2) is 24.3 Å². The van der Waals surface area contributed by atoms with Gasteiger partial charge in [0.05, 0.1) is 12.6 Å². The van der Waals surface area contributed by atoms with Gasteiger partial charge in [-0.25, -0.2) is 4.39 Å². The van der Waals surface area contributed by atoms with E-state index < -0.39 is 0 Å². The molecule has 0 spiro atoms. The summed E-state index contributed by atoms with van der Waals surface area (Å²) in [5, 5.41) is 12.9. The molecule has 0 amide bonds. The summed E-state index contributed by atoms with van der Waals surface area (Å²) < 4.78 is 12.9. The van der Waals surface area contributed by atoms with Gasteiger partial charge < -0.3 is 10.4 Å². The lowest BCUT2D eigenvalue weighted by atomic mass is 10.0. The number of aliphatic hydroxyl groups excluding tert-OH is 1. The summed E-state index contributed by atoms with van der Waals surface area (Å²) in [5.41, 5.74) is 0.975. The molecule has 0 radical (unpaired) electrons. The van der Waals surface area contributed by atoms with E-state index >= 15 is 0 Å². The molecular formula is C13H19FN2O. The van der Waals surface area contributed by atoms with Crippen molar-refractivity contribution >= 4 is 0 Å². The molecule has 1 fully saturated rings. The minimum atomic E-state index is -0.237. The van der Waals surface area contributed by atoms with Gasteiger partial charge in [0.1, 0.15) is 5.82 Å². The van der Waals surface area contributed by atoms with Crippen molar-refractivity contribution in [3.05, 3.63) is 35.6 Å². The molecule has 1 aromatic carbocycles. The molecule has 0 aromatic heterocycles. The molecule has 0 saturated carbocycles. The monoisotopic (exact) mass is 238 g/mol. The maximum atomic E-state index is 12.9. The van der Waals surface area contributed by atoms with Crippen LogP contribution in [0.4, 0.5) is 4.39 Å². The second-order valence-corrected chi connectivity index (χ2v) is 4.54. The van der Waals surface area contributed by atoms with Gasteiger partial charge >= 0.3 is 0 Å². The molecule has 4 heteroatoms. The molecule has 1 aromatic rings. The Balaban J connectivity index is 2.17. The Bertz CT molecular complexity index is 355. The molecule has 1 heterocycles. The number of halogens is 1. The lowest BCUT2D eigenvalue weighted by molar-refractivity contribution is 0.0723.